The van der Waals surface area contributed by atoms with Gasteiger partial charge in [0.15, 0.2) is 0 Å². The maximum atomic E-state index is 13.3. The standard InChI is InChI=1S/C20H20ClFN4O2/c21-16-6-1-2-7-17(16)26-19(28)23-20(24-26)8-10-25(11-9-20)18(27)13-14-4-3-5-15(22)12-14/h1-7,12,24H,8-11,13H2,(H,23,28). The molecule has 0 aliphatic carbocycles. The zero-order valence-electron chi connectivity index (χ0n) is 15.1. The molecule has 2 heterocycles. The molecular weight excluding hydrogens is 383 g/mol. The number of anilines is 1. The third-order valence-electron chi connectivity index (χ3n) is 5.18. The van der Waals surface area contributed by atoms with Crippen molar-refractivity contribution in [1.82, 2.24) is 15.6 Å². The number of para-hydroxylation sites is 1. The van der Waals surface area contributed by atoms with Crippen molar-refractivity contribution in [1.29, 1.82) is 0 Å². The van der Waals surface area contributed by atoms with Crippen LogP contribution in [0.25, 0.3) is 0 Å². The highest BCUT2D eigenvalue weighted by molar-refractivity contribution is 6.33. The first kappa shape index (κ1) is 18.7. The van der Waals surface area contributed by atoms with E-state index in [0.717, 1.165) is 0 Å². The van der Waals surface area contributed by atoms with Gasteiger partial charge >= 0.3 is 6.03 Å². The van der Waals surface area contributed by atoms with E-state index >= 15 is 0 Å². The van der Waals surface area contributed by atoms with E-state index in [1.54, 1.807) is 35.2 Å². The molecule has 28 heavy (non-hydrogen) atoms. The number of hydrogen-bond acceptors (Lipinski definition) is 3. The second-order valence-electron chi connectivity index (χ2n) is 7.10. The Labute approximate surface area is 167 Å². The molecule has 2 aromatic rings. The van der Waals surface area contributed by atoms with Crippen molar-refractivity contribution < 1.29 is 14.0 Å². The molecule has 2 saturated heterocycles. The summed E-state index contributed by atoms with van der Waals surface area (Å²) in [6.07, 6.45) is 1.29. The van der Waals surface area contributed by atoms with E-state index in [-0.39, 0.29) is 24.2 Å². The highest BCUT2D eigenvalue weighted by Crippen LogP contribution is 2.31. The largest absolute Gasteiger partial charge is 0.342 e. The first-order valence-electron chi connectivity index (χ1n) is 9.13. The molecule has 0 atom stereocenters. The number of nitrogens with zero attached hydrogens (tertiary/aromatic N) is 2. The molecule has 6 nitrogen and oxygen atoms in total. The molecule has 0 aromatic heterocycles. The van der Waals surface area contributed by atoms with Crippen LogP contribution >= 0.6 is 11.6 Å². The summed E-state index contributed by atoms with van der Waals surface area (Å²) < 4.78 is 13.3. The average molecular weight is 403 g/mol. The van der Waals surface area contributed by atoms with Crippen LogP contribution in [0.3, 0.4) is 0 Å². The van der Waals surface area contributed by atoms with Gasteiger partial charge in [0, 0.05) is 25.9 Å². The summed E-state index contributed by atoms with van der Waals surface area (Å²) in [5.74, 6) is -0.395. The number of piperidine rings is 1. The highest BCUT2D eigenvalue weighted by atomic mass is 35.5. The lowest BCUT2D eigenvalue weighted by Gasteiger charge is -2.39. The fraction of sp³-hybridized carbons (Fsp3) is 0.300. The van der Waals surface area contributed by atoms with Crippen LogP contribution in [0.4, 0.5) is 14.9 Å². The quantitative estimate of drug-likeness (QED) is 0.829. The van der Waals surface area contributed by atoms with Gasteiger partial charge in [-0.25, -0.2) is 19.6 Å². The topological polar surface area (TPSA) is 64.7 Å². The first-order chi connectivity index (χ1) is 13.5. The highest BCUT2D eigenvalue weighted by Gasteiger charge is 2.45. The molecule has 8 heteroatoms. The number of benzene rings is 2. The van der Waals surface area contributed by atoms with Crippen LogP contribution in [-0.4, -0.2) is 35.6 Å². The Kier molecular flexibility index (Phi) is 4.95. The number of carbonyl (C=O) groups is 2. The Hall–Kier alpha value is -2.64. The molecule has 0 saturated carbocycles. The molecule has 4 rings (SSSR count). The van der Waals surface area contributed by atoms with Crippen molar-refractivity contribution in [3.05, 3.63) is 64.9 Å². The minimum Gasteiger partial charge on any atom is -0.342 e. The van der Waals surface area contributed by atoms with E-state index < -0.39 is 5.66 Å². The molecule has 2 aliphatic heterocycles. The third kappa shape index (κ3) is 3.68. The molecule has 1 spiro atoms. The van der Waals surface area contributed by atoms with Crippen LogP contribution in [0.5, 0.6) is 0 Å². The Morgan fingerprint density at radius 2 is 1.89 bits per heavy atom. The van der Waals surface area contributed by atoms with Gasteiger partial charge in [-0.05, 0) is 29.8 Å². The molecule has 0 unspecified atom stereocenters. The lowest BCUT2D eigenvalue weighted by atomic mass is 9.97. The normalized spacial score (nSPS) is 18.4. The van der Waals surface area contributed by atoms with E-state index in [2.05, 4.69) is 10.7 Å². The van der Waals surface area contributed by atoms with Crippen molar-refractivity contribution in [2.75, 3.05) is 18.1 Å². The van der Waals surface area contributed by atoms with Crippen LogP contribution in [0, 0.1) is 5.82 Å². The third-order valence-corrected chi connectivity index (χ3v) is 5.50. The zero-order chi connectivity index (χ0) is 19.7. The molecule has 2 fully saturated rings. The zero-order valence-corrected chi connectivity index (χ0v) is 15.9. The van der Waals surface area contributed by atoms with Crippen LogP contribution < -0.4 is 15.8 Å². The average Bonchev–Trinajstić information content (AvgIpc) is 2.98. The van der Waals surface area contributed by atoms with Crippen LogP contribution in [-0.2, 0) is 11.2 Å². The van der Waals surface area contributed by atoms with Gasteiger partial charge in [-0.1, -0.05) is 35.9 Å². The number of halogens is 2. The van der Waals surface area contributed by atoms with Gasteiger partial charge in [0.25, 0.3) is 0 Å². The van der Waals surface area contributed by atoms with Gasteiger partial charge in [-0.2, -0.15) is 0 Å². The minimum absolute atomic E-state index is 0.0484. The van der Waals surface area contributed by atoms with Crippen molar-refractivity contribution in [3.8, 4) is 0 Å². The molecule has 0 bridgehead atoms. The van der Waals surface area contributed by atoms with Crippen molar-refractivity contribution >= 4 is 29.2 Å². The minimum atomic E-state index is -0.605. The Balaban J connectivity index is 1.39. The predicted molar refractivity (Wildman–Crippen MR) is 104 cm³/mol. The summed E-state index contributed by atoms with van der Waals surface area (Å²) in [6, 6.07) is 12.9. The Bertz CT molecular complexity index is 915. The maximum Gasteiger partial charge on any atom is 0.338 e. The number of hydrogen-bond donors (Lipinski definition) is 2. The Morgan fingerprint density at radius 3 is 2.61 bits per heavy atom. The van der Waals surface area contributed by atoms with Crippen LogP contribution in [0.1, 0.15) is 18.4 Å². The van der Waals surface area contributed by atoms with E-state index in [0.29, 0.717) is 42.2 Å². The smallest absolute Gasteiger partial charge is 0.338 e. The molecule has 2 N–H and O–H groups in total. The van der Waals surface area contributed by atoms with Crippen molar-refractivity contribution in [2.45, 2.75) is 24.9 Å². The van der Waals surface area contributed by atoms with Crippen molar-refractivity contribution in [2.24, 2.45) is 0 Å². The number of urea groups is 1. The van der Waals surface area contributed by atoms with E-state index in [9.17, 15) is 14.0 Å². The Morgan fingerprint density at radius 1 is 1.14 bits per heavy atom. The van der Waals surface area contributed by atoms with E-state index in [4.69, 9.17) is 11.6 Å². The monoisotopic (exact) mass is 402 g/mol. The lowest BCUT2D eigenvalue weighted by Crippen LogP contribution is -2.58. The van der Waals surface area contributed by atoms with E-state index in [1.165, 1.54) is 17.1 Å². The second-order valence-corrected chi connectivity index (χ2v) is 7.51. The number of likely N-dealkylation sites (tertiary alicyclic amines) is 1. The van der Waals surface area contributed by atoms with Crippen LogP contribution in [0.2, 0.25) is 5.02 Å². The number of nitrogens with one attached hydrogen (secondary N) is 2. The fourth-order valence-corrected chi connectivity index (χ4v) is 3.88. The van der Waals surface area contributed by atoms with Gasteiger partial charge < -0.3 is 10.2 Å². The van der Waals surface area contributed by atoms with Gasteiger partial charge in [-0.3, -0.25) is 4.79 Å². The van der Waals surface area contributed by atoms with Gasteiger partial charge in [0.05, 0.1) is 17.1 Å². The summed E-state index contributed by atoms with van der Waals surface area (Å²) in [5, 5.41) is 4.89. The van der Waals surface area contributed by atoms with Crippen molar-refractivity contribution in [3.63, 3.8) is 0 Å². The summed E-state index contributed by atoms with van der Waals surface area (Å²) in [6.45, 7) is 0.996. The summed E-state index contributed by atoms with van der Waals surface area (Å²) in [5.41, 5.74) is 3.87. The van der Waals surface area contributed by atoms with Gasteiger partial charge in [0.1, 0.15) is 11.5 Å². The summed E-state index contributed by atoms with van der Waals surface area (Å²) >= 11 is 6.21. The van der Waals surface area contributed by atoms with Crippen LogP contribution in [0.15, 0.2) is 48.5 Å². The summed E-state index contributed by atoms with van der Waals surface area (Å²) in [4.78, 5) is 26.8. The number of rotatable bonds is 3. The summed E-state index contributed by atoms with van der Waals surface area (Å²) in [7, 11) is 0. The molecular formula is C20H20ClFN4O2. The lowest BCUT2D eigenvalue weighted by molar-refractivity contribution is -0.132. The molecule has 146 valence electrons. The van der Waals surface area contributed by atoms with E-state index in [1.807, 2.05) is 6.07 Å². The number of amides is 3. The number of hydrazine groups is 1. The maximum absolute atomic E-state index is 13.3. The SMILES string of the molecule is O=C(Cc1cccc(F)c1)N1CCC2(CC1)NC(=O)N(c1ccccc1Cl)N2. The first-order valence-corrected chi connectivity index (χ1v) is 9.50. The molecule has 0 radical (unpaired) electrons. The molecule has 2 aliphatic rings. The molecule has 3 amide bonds. The second kappa shape index (κ2) is 7.41. The van der Waals surface area contributed by atoms with Gasteiger partial charge in [-0.15, -0.1) is 0 Å². The molecule has 2 aromatic carbocycles. The van der Waals surface area contributed by atoms with Gasteiger partial charge in [0.2, 0.25) is 5.91 Å². The number of carbonyl (C=O) groups excluding carboxylic acids is 2. The predicted octanol–water partition coefficient (Wildman–Crippen LogP) is 3.07. The fourth-order valence-electron chi connectivity index (χ4n) is 3.66.